The van der Waals surface area contributed by atoms with Crippen LogP contribution in [0.15, 0.2) is 0 Å². The topological polar surface area (TPSA) is 0 Å². The van der Waals surface area contributed by atoms with Gasteiger partial charge in [0, 0.05) is 0 Å². The molecule has 4 heavy (non-hydrogen) atoms. The molecule has 0 spiro atoms. The summed E-state index contributed by atoms with van der Waals surface area (Å²) in [5, 5.41) is 0. The number of hydrogen-bond acceptors (Lipinski definition) is 0. The quantitative estimate of drug-likeness (QED) is 0.525. The van der Waals surface area contributed by atoms with Crippen LogP contribution in [0.4, 0.5) is 0 Å². The third kappa shape index (κ3) is 8.90. The molecule has 2 radical (unpaired) electrons. The second-order valence-electron chi connectivity index (χ2n) is 0. The Balaban J connectivity index is 0. The molecular formula is CoCuMnZn+7. The Morgan fingerprint density at radius 2 is 1.00 bits per heavy atom. The maximum absolute atomic E-state index is 0. The summed E-state index contributed by atoms with van der Waals surface area (Å²) < 4.78 is 0. The molecule has 0 amide bonds. The van der Waals surface area contributed by atoms with Crippen molar-refractivity contribution in [2.75, 3.05) is 0 Å². The average molecular weight is 243 g/mol. The van der Waals surface area contributed by atoms with Gasteiger partial charge in [-0.25, -0.2) is 0 Å². The minimum Gasteiger partial charge on any atom is 1.00 e. The van der Waals surface area contributed by atoms with Crippen molar-refractivity contribution >= 4 is 0 Å². The van der Waals surface area contributed by atoms with Gasteiger partial charge in [0.1, 0.15) is 0 Å². The third-order valence-corrected chi connectivity index (χ3v) is 0. The van der Waals surface area contributed by atoms with Gasteiger partial charge in [-0.1, -0.05) is 0 Å². The average Bonchev–Trinajstić information content (AvgIpc) is 0. The van der Waals surface area contributed by atoms with Crippen LogP contribution in [0.2, 0.25) is 0 Å². The largest absolute Gasteiger partial charge is 2.00 e. The van der Waals surface area contributed by atoms with E-state index in [9.17, 15) is 0 Å². The minimum absolute atomic E-state index is 0. The van der Waals surface area contributed by atoms with Crippen molar-refractivity contribution in [2.45, 2.75) is 0 Å². The van der Waals surface area contributed by atoms with Crippen LogP contribution in [0.1, 0.15) is 0 Å². The first-order valence-electron chi connectivity index (χ1n) is 0. The standard InChI is InChI=1S/Co.Cu.Mn.Zn/q+2;+1;2*+2. The van der Waals surface area contributed by atoms with E-state index >= 15 is 0 Å². The van der Waals surface area contributed by atoms with Gasteiger partial charge < -0.3 is 0 Å². The van der Waals surface area contributed by atoms with Crippen LogP contribution in [0.25, 0.3) is 0 Å². The van der Waals surface area contributed by atoms with E-state index < -0.39 is 0 Å². The summed E-state index contributed by atoms with van der Waals surface area (Å²) in [5.74, 6) is 0. The number of hydrogen-bond donors (Lipinski definition) is 0. The van der Waals surface area contributed by atoms with E-state index in [0.717, 1.165) is 0 Å². The Bertz CT molecular complexity index is 8.00. The summed E-state index contributed by atoms with van der Waals surface area (Å²) in [4.78, 5) is 0. The molecule has 4 heteroatoms. The molecule has 0 aliphatic heterocycles. The fourth-order valence-electron chi connectivity index (χ4n) is 0. The molecule has 0 aliphatic carbocycles. The molecule has 0 fully saturated rings. The zero-order valence-electron chi connectivity index (χ0n) is 1.72. The predicted molar refractivity (Wildman–Crippen MR) is 0 cm³/mol. The Labute approximate surface area is 69.8 Å². The van der Waals surface area contributed by atoms with Crippen LogP contribution in [-0.4, -0.2) is 0 Å². The third-order valence-electron chi connectivity index (χ3n) is 0. The SMILES string of the molecule is [Co+2].[Cu+].[Mn+2].[Zn+2]. The summed E-state index contributed by atoms with van der Waals surface area (Å²) >= 11 is 0. The molecule has 22 valence electrons. The molecule has 0 heterocycles. The van der Waals surface area contributed by atoms with E-state index in [4.69, 9.17) is 0 Å². The molecule has 0 atom stereocenters. The summed E-state index contributed by atoms with van der Waals surface area (Å²) in [5.41, 5.74) is 0. The normalized spacial score (nSPS) is 0. The Morgan fingerprint density at radius 3 is 1.00 bits per heavy atom. The van der Waals surface area contributed by atoms with Crippen LogP contribution in [0.3, 0.4) is 0 Å². The zero-order valence-corrected chi connectivity index (χ0v) is 7.85. The monoisotopic (exact) mass is 241 g/mol. The summed E-state index contributed by atoms with van der Waals surface area (Å²) in [7, 11) is 0. The van der Waals surface area contributed by atoms with E-state index in [1.807, 2.05) is 0 Å². The first-order valence-corrected chi connectivity index (χ1v) is 0. The van der Waals surface area contributed by atoms with Gasteiger partial charge in [0.05, 0.1) is 0 Å². The molecule has 0 saturated carbocycles. The Hall–Kier alpha value is 2.17. The van der Waals surface area contributed by atoms with Gasteiger partial charge in [-0.3, -0.25) is 0 Å². The first-order chi connectivity index (χ1) is 0. The second-order valence-corrected chi connectivity index (χ2v) is 0. The molecule has 0 bridgehead atoms. The first kappa shape index (κ1) is 35.0. The van der Waals surface area contributed by atoms with Gasteiger partial charge in [-0.05, 0) is 0 Å². The van der Waals surface area contributed by atoms with E-state index in [-0.39, 0.29) is 70.4 Å². The number of rotatable bonds is 0. The molecule has 0 aromatic carbocycles. The van der Waals surface area contributed by atoms with Crippen molar-refractivity contribution in [1.82, 2.24) is 0 Å². The van der Waals surface area contributed by atoms with Crippen LogP contribution < -0.4 is 0 Å². The van der Waals surface area contributed by atoms with Gasteiger partial charge in [0.2, 0.25) is 0 Å². The zero-order chi connectivity index (χ0) is 0. The van der Waals surface area contributed by atoms with Gasteiger partial charge in [0.15, 0.2) is 0 Å². The fourth-order valence-corrected chi connectivity index (χ4v) is 0. The molecule has 0 N–H and O–H groups in total. The molecule has 0 aromatic rings. The van der Waals surface area contributed by atoms with E-state index in [0.29, 0.717) is 0 Å². The van der Waals surface area contributed by atoms with Crippen molar-refractivity contribution in [2.24, 2.45) is 0 Å². The smallest absolute Gasteiger partial charge is 1.00 e. The van der Waals surface area contributed by atoms with Crippen LogP contribution in [0, 0.1) is 0 Å². The molecule has 0 unspecified atom stereocenters. The molecular weight excluding hydrogens is 243 g/mol. The summed E-state index contributed by atoms with van der Waals surface area (Å²) in [6.07, 6.45) is 0. The molecule has 0 aliphatic rings. The van der Waals surface area contributed by atoms with Crippen molar-refractivity contribution < 1.29 is 70.4 Å². The van der Waals surface area contributed by atoms with Gasteiger partial charge in [-0.2, -0.15) is 0 Å². The maximum atomic E-state index is 0. The van der Waals surface area contributed by atoms with Crippen LogP contribution >= 0.6 is 0 Å². The fraction of sp³-hybridized carbons (Fsp3) is 0. The second kappa shape index (κ2) is 19.1. The summed E-state index contributed by atoms with van der Waals surface area (Å²) in [6.45, 7) is 0. The van der Waals surface area contributed by atoms with Crippen molar-refractivity contribution in [3.05, 3.63) is 0 Å². The molecule has 0 aromatic heterocycles. The maximum Gasteiger partial charge on any atom is 2.00 e. The van der Waals surface area contributed by atoms with Crippen LogP contribution in [0.5, 0.6) is 0 Å². The van der Waals surface area contributed by atoms with Crippen molar-refractivity contribution in [3.8, 4) is 0 Å². The van der Waals surface area contributed by atoms with Crippen molar-refractivity contribution in [1.29, 1.82) is 0 Å². The van der Waals surface area contributed by atoms with Gasteiger partial charge >= 0.3 is 70.4 Å². The minimum atomic E-state index is 0. The predicted octanol–water partition coefficient (Wildman–Crippen LogP) is -0.0100. The van der Waals surface area contributed by atoms with Gasteiger partial charge in [-0.15, -0.1) is 0 Å². The molecule has 0 rings (SSSR count). The van der Waals surface area contributed by atoms with Crippen LogP contribution in [-0.2, 0) is 70.4 Å². The molecule has 0 nitrogen and oxygen atoms in total. The van der Waals surface area contributed by atoms with E-state index in [1.165, 1.54) is 0 Å². The van der Waals surface area contributed by atoms with Gasteiger partial charge in [0.25, 0.3) is 0 Å². The summed E-state index contributed by atoms with van der Waals surface area (Å²) in [6, 6.07) is 0. The van der Waals surface area contributed by atoms with Crippen molar-refractivity contribution in [3.63, 3.8) is 0 Å². The van der Waals surface area contributed by atoms with E-state index in [2.05, 4.69) is 0 Å². The Kier molecular flexibility index (Phi) is 167. The Morgan fingerprint density at radius 1 is 1.00 bits per heavy atom. The molecule has 0 saturated heterocycles. The van der Waals surface area contributed by atoms with E-state index in [1.54, 1.807) is 0 Å².